The third-order valence-electron chi connectivity index (χ3n) is 4.69. The van der Waals surface area contributed by atoms with Gasteiger partial charge in [-0.3, -0.25) is 4.79 Å². The Bertz CT molecular complexity index is 382. The standard InChI is InChI=1S/C14H23N3O2/c1-14(5-2-6-14)9-15-13(19)17-7-11(8-17)16-12(18)10-3-4-10/h10-11H,2-9H2,1H3,(H,15,19)(H,16,18). The first kappa shape index (κ1) is 12.8. The molecule has 5 nitrogen and oxygen atoms in total. The summed E-state index contributed by atoms with van der Waals surface area (Å²) in [7, 11) is 0. The van der Waals surface area contributed by atoms with Crippen LogP contribution in [-0.2, 0) is 4.79 Å². The third kappa shape index (κ3) is 2.85. The molecule has 5 heteroatoms. The lowest BCUT2D eigenvalue weighted by Crippen LogP contribution is -2.63. The Morgan fingerprint density at radius 3 is 2.47 bits per heavy atom. The molecule has 1 aliphatic heterocycles. The van der Waals surface area contributed by atoms with Crippen molar-refractivity contribution in [3.05, 3.63) is 0 Å². The molecular weight excluding hydrogens is 242 g/mol. The summed E-state index contributed by atoms with van der Waals surface area (Å²) in [6.07, 6.45) is 5.77. The summed E-state index contributed by atoms with van der Waals surface area (Å²) < 4.78 is 0. The zero-order valence-electron chi connectivity index (χ0n) is 11.6. The minimum atomic E-state index is 0.0186. The van der Waals surface area contributed by atoms with Gasteiger partial charge in [0, 0.05) is 25.6 Å². The molecule has 1 saturated heterocycles. The van der Waals surface area contributed by atoms with Gasteiger partial charge in [-0.05, 0) is 31.1 Å². The van der Waals surface area contributed by atoms with Gasteiger partial charge in [-0.25, -0.2) is 4.79 Å². The molecule has 0 unspecified atom stereocenters. The first-order valence-corrected chi connectivity index (χ1v) is 7.39. The van der Waals surface area contributed by atoms with E-state index in [1.54, 1.807) is 4.90 Å². The van der Waals surface area contributed by atoms with Gasteiger partial charge in [0.1, 0.15) is 0 Å². The molecule has 2 N–H and O–H groups in total. The zero-order chi connectivity index (χ0) is 13.5. The highest BCUT2D eigenvalue weighted by molar-refractivity contribution is 5.82. The van der Waals surface area contributed by atoms with E-state index >= 15 is 0 Å². The van der Waals surface area contributed by atoms with Crippen LogP contribution in [0.3, 0.4) is 0 Å². The fraction of sp³-hybridized carbons (Fsp3) is 0.857. The van der Waals surface area contributed by atoms with Crippen molar-refractivity contribution in [3.63, 3.8) is 0 Å². The number of likely N-dealkylation sites (tertiary alicyclic amines) is 1. The van der Waals surface area contributed by atoms with Crippen LogP contribution < -0.4 is 10.6 Å². The molecule has 0 radical (unpaired) electrons. The Kier molecular flexibility index (Phi) is 3.15. The minimum absolute atomic E-state index is 0.0186. The third-order valence-corrected chi connectivity index (χ3v) is 4.69. The highest BCUT2D eigenvalue weighted by Gasteiger charge is 2.37. The smallest absolute Gasteiger partial charge is 0.317 e. The number of carbonyl (C=O) groups is 2. The molecule has 3 fully saturated rings. The van der Waals surface area contributed by atoms with Gasteiger partial charge in [0.15, 0.2) is 0 Å². The van der Waals surface area contributed by atoms with E-state index in [4.69, 9.17) is 0 Å². The lowest BCUT2D eigenvalue weighted by Gasteiger charge is -2.42. The van der Waals surface area contributed by atoms with E-state index in [0.717, 1.165) is 19.4 Å². The summed E-state index contributed by atoms with van der Waals surface area (Å²) in [5.74, 6) is 0.425. The fourth-order valence-corrected chi connectivity index (χ4v) is 2.76. The van der Waals surface area contributed by atoms with E-state index in [0.29, 0.717) is 18.5 Å². The maximum absolute atomic E-state index is 11.9. The maximum atomic E-state index is 11.9. The topological polar surface area (TPSA) is 61.4 Å². The summed E-state index contributed by atoms with van der Waals surface area (Å²) >= 11 is 0. The Balaban J connectivity index is 1.33. The van der Waals surface area contributed by atoms with E-state index in [2.05, 4.69) is 17.6 Å². The predicted molar refractivity (Wildman–Crippen MR) is 71.6 cm³/mol. The Morgan fingerprint density at radius 1 is 1.26 bits per heavy atom. The molecule has 2 aliphatic carbocycles. The van der Waals surface area contributed by atoms with Crippen LogP contribution in [0.25, 0.3) is 0 Å². The molecule has 0 spiro atoms. The molecule has 0 atom stereocenters. The number of nitrogens with one attached hydrogen (secondary N) is 2. The lowest BCUT2D eigenvalue weighted by molar-refractivity contribution is -0.123. The van der Waals surface area contributed by atoms with Crippen molar-refractivity contribution in [2.24, 2.45) is 11.3 Å². The number of rotatable bonds is 4. The molecule has 3 amide bonds. The molecular formula is C14H23N3O2. The monoisotopic (exact) mass is 265 g/mol. The molecule has 106 valence electrons. The van der Waals surface area contributed by atoms with Crippen LogP contribution in [0.2, 0.25) is 0 Å². The van der Waals surface area contributed by atoms with Crippen LogP contribution in [0, 0.1) is 11.3 Å². The number of hydrogen-bond acceptors (Lipinski definition) is 2. The average molecular weight is 265 g/mol. The van der Waals surface area contributed by atoms with Crippen LogP contribution in [0.4, 0.5) is 4.79 Å². The second-order valence-corrected chi connectivity index (χ2v) is 6.71. The van der Waals surface area contributed by atoms with Crippen LogP contribution in [0.15, 0.2) is 0 Å². The first-order valence-electron chi connectivity index (χ1n) is 7.39. The molecule has 1 heterocycles. The van der Waals surface area contributed by atoms with Gasteiger partial charge in [0.25, 0.3) is 0 Å². The van der Waals surface area contributed by atoms with Gasteiger partial charge in [0.2, 0.25) is 5.91 Å². The Labute approximate surface area is 114 Å². The van der Waals surface area contributed by atoms with Crippen molar-refractivity contribution in [2.75, 3.05) is 19.6 Å². The van der Waals surface area contributed by atoms with E-state index < -0.39 is 0 Å². The van der Waals surface area contributed by atoms with E-state index in [1.165, 1.54) is 19.3 Å². The molecule has 0 aromatic heterocycles. The van der Waals surface area contributed by atoms with Crippen molar-refractivity contribution in [1.82, 2.24) is 15.5 Å². The largest absolute Gasteiger partial charge is 0.350 e. The van der Waals surface area contributed by atoms with Crippen LogP contribution in [0.1, 0.15) is 39.0 Å². The van der Waals surface area contributed by atoms with Crippen molar-refractivity contribution in [2.45, 2.75) is 45.1 Å². The highest BCUT2D eigenvalue weighted by Crippen LogP contribution is 2.39. The number of carbonyl (C=O) groups excluding carboxylic acids is 2. The molecule has 3 aliphatic rings. The van der Waals surface area contributed by atoms with E-state index in [1.807, 2.05) is 0 Å². The molecule has 0 aromatic rings. The van der Waals surface area contributed by atoms with Crippen molar-refractivity contribution in [1.29, 1.82) is 0 Å². The highest BCUT2D eigenvalue weighted by atomic mass is 16.2. The Hall–Kier alpha value is -1.26. The number of amides is 3. The lowest BCUT2D eigenvalue weighted by atomic mass is 9.70. The second kappa shape index (κ2) is 4.69. The molecule has 2 saturated carbocycles. The molecule has 3 rings (SSSR count). The molecule has 0 aromatic carbocycles. The quantitative estimate of drug-likeness (QED) is 0.799. The van der Waals surface area contributed by atoms with Gasteiger partial charge in [-0.15, -0.1) is 0 Å². The average Bonchev–Trinajstić information content (AvgIpc) is 3.11. The van der Waals surface area contributed by atoms with Gasteiger partial charge in [-0.1, -0.05) is 13.3 Å². The van der Waals surface area contributed by atoms with Crippen molar-refractivity contribution < 1.29 is 9.59 Å². The zero-order valence-corrected chi connectivity index (χ0v) is 11.6. The van der Waals surface area contributed by atoms with E-state index in [-0.39, 0.29) is 23.9 Å². The summed E-state index contributed by atoms with van der Waals surface area (Å²) in [4.78, 5) is 25.2. The fourth-order valence-electron chi connectivity index (χ4n) is 2.76. The van der Waals surface area contributed by atoms with Gasteiger partial charge >= 0.3 is 6.03 Å². The first-order chi connectivity index (χ1) is 9.06. The Morgan fingerprint density at radius 2 is 1.95 bits per heavy atom. The van der Waals surface area contributed by atoms with Crippen LogP contribution in [-0.4, -0.2) is 42.5 Å². The summed E-state index contributed by atoms with van der Waals surface area (Å²) in [6, 6.07) is 0.184. The summed E-state index contributed by atoms with van der Waals surface area (Å²) in [5.41, 5.74) is 0.320. The second-order valence-electron chi connectivity index (χ2n) is 6.71. The van der Waals surface area contributed by atoms with Gasteiger partial charge < -0.3 is 15.5 Å². The van der Waals surface area contributed by atoms with E-state index in [9.17, 15) is 9.59 Å². The number of hydrogen-bond donors (Lipinski definition) is 2. The number of urea groups is 1. The normalized spacial score (nSPS) is 25.2. The predicted octanol–water partition coefficient (Wildman–Crippen LogP) is 1.10. The molecule has 19 heavy (non-hydrogen) atoms. The SMILES string of the molecule is CC1(CNC(=O)N2CC(NC(=O)C3CC3)C2)CCC1. The summed E-state index contributed by atoms with van der Waals surface area (Å²) in [6.45, 7) is 4.31. The van der Waals surface area contributed by atoms with Gasteiger partial charge in [0.05, 0.1) is 6.04 Å². The van der Waals surface area contributed by atoms with Crippen molar-refractivity contribution >= 4 is 11.9 Å². The van der Waals surface area contributed by atoms with Crippen LogP contribution in [0.5, 0.6) is 0 Å². The van der Waals surface area contributed by atoms with Crippen LogP contribution >= 0.6 is 0 Å². The molecule has 0 bridgehead atoms. The minimum Gasteiger partial charge on any atom is -0.350 e. The maximum Gasteiger partial charge on any atom is 0.317 e. The van der Waals surface area contributed by atoms with Crippen molar-refractivity contribution in [3.8, 4) is 0 Å². The number of nitrogens with zero attached hydrogens (tertiary/aromatic N) is 1. The summed E-state index contributed by atoms with van der Waals surface area (Å²) in [5, 5.41) is 6.01. The van der Waals surface area contributed by atoms with Gasteiger partial charge in [-0.2, -0.15) is 0 Å².